The molecule has 1 heterocycles. The van der Waals surface area contributed by atoms with Crippen molar-refractivity contribution in [2.75, 3.05) is 5.32 Å². The van der Waals surface area contributed by atoms with Gasteiger partial charge in [0.2, 0.25) is 0 Å². The molecule has 0 unspecified atom stereocenters. The normalized spacial score (nSPS) is 10.3. The van der Waals surface area contributed by atoms with Crippen molar-refractivity contribution < 1.29 is 13.6 Å². The zero-order valence-electron chi connectivity index (χ0n) is 8.82. The first-order chi connectivity index (χ1) is 8.06. The number of benzene rings is 1. The van der Waals surface area contributed by atoms with Gasteiger partial charge in [0.25, 0.3) is 5.91 Å². The van der Waals surface area contributed by atoms with Crippen LogP contribution in [0.4, 0.5) is 14.5 Å². The lowest BCUT2D eigenvalue weighted by Crippen LogP contribution is -2.13. The van der Waals surface area contributed by atoms with E-state index in [4.69, 9.17) is 0 Å². The molecule has 0 aliphatic heterocycles. The van der Waals surface area contributed by atoms with Gasteiger partial charge in [-0.1, -0.05) is 5.21 Å². The standard InChI is InChI=1S/C10H8F2N4O/c1-16-5-9(14-15-16)10(17)13-8-3-2-6(11)4-7(8)12/h2-5H,1H3,(H,13,17). The van der Waals surface area contributed by atoms with E-state index < -0.39 is 17.5 Å². The lowest BCUT2D eigenvalue weighted by Gasteiger charge is -2.03. The molecule has 0 spiro atoms. The lowest BCUT2D eigenvalue weighted by molar-refractivity contribution is 0.102. The van der Waals surface area contributed by atoms with Gasteiger partial charge in [0.15, 0.2) is 5.69 Å². The summed E-state index contributed by atoms with van der Waals surface area (Å²) in [6.07, 6.45) is 1.39. The van der Waals surface area contributed by atoms with Crippen molar-refractivity contribution in [2.24, 2.45) is 7.05 Å². The van der Waals surface area contributed by atoms with Gasteiger partial charge in [0.1, 0.15) is 11.6 Å². The highest BCUT2D eigenvalue weighted by molar-refractivity contribution is 6.02. The number of amides is 1. The molecular weight excluding hydrogens is 230 g/mol. The quantitative estimate of drug-likeness (QED) is 0.859. The Balaban J connectivity index is 2.18. The second kappa shape index (κ2) is 4.28. The van der Waals surface area contributed by atoms with Crippen molar-refractivity contribution in [1.82, 2.24) is 15.0 Å². The molecule has 0 aliphatic carbocycles. The van der Waals surface area contributed by atoms with Crippen LogP contribution < -0.4 is 5.32 Å². The van der Waals surface area contributed by atoms with Crippen molar-refractivity contribution in [1.29, 1.82) is 0 Å². The Kier molecular flexibility index (Phi) is 2.82. The minimum absolute atomic E-state index is 0.0521. The van der Waals surface area contributed by atoms with E-state index in [2.05, 4.69) is 15.6 Å². The summed E-state index contributed by atoms with van der Waals surface area (Å²) >= 11 is 0. The summed E-state index contributed by atoms with van der Waals surface area (Å²) in [5, 5.41) is 9.40. The van der Waals surface area contributed by atoms with Crippen LogP contribution in [-0.4, -0.2) is 20.9 Å². The molecule has 2 aromatic rings. The van der Waals surface area contributed by atoms with E-state index in [-0.39, 0.29) is 11.4 Å². The number of halogens is 2. The minimum Gasteiger partial charge on any atom is -0.318 e. The SMILES string of the molecule is Cn1cc(C(=O)Nc2ccc(F)cc2F)nn1. The summed E-state index contributed by atoms with van der Waals surface area (Å²) in [5.74, 6) is -2.16. The Labute approximate surface area is 95.1 Å². The monoisotopic (exact) mass is 238 g/mol. The van der Waals surface area contributed by atoms with E-state index in [9.17, 15) is 13.6 Å². The van der Waals surface area contributed by atoms with Gasteiger partial charge in [-0.15, -0.1) is 5.10 Å². The molecule has 0 bridgehead atoms. The molecule has 0 saturated carbocycles. The molecule has 5 nitrogen and oxygen atoms in total. The van der Waals surface area contributed by atoms with Gasteiger partial charge in [-0.2, -0.15) is 0 Å². The van der Waals surface area contributed by atoms with Gasteiger partial charge in [-0.05, 0) is 12.1 Å². The molecule has 88 valence electrons. The maximum atomic E-state index is 13.2. The highest BCUT2D eigenvalue weighted by Crippen LogP contribution is 2.15. The molecule has 0 atom stereocenters. The summed E-state index contributed by atoms with van der Waals surface area (Å²) in [6, 6.07) is 2.88. The number of aryl methyl sites for hydroxylation is 1. The van der Waals surface area contributed by atoms with Gasteiger partial charge in [0.05, 0.1) is 11.9 Å². The van der Waals surface area contributed by atoms with E-state index in [0.29, 0.717) is 6.07 Å². The minimum atomic E-state index is -0.845. The predicted molar refractivity (Wildman–Crippen MR) is 55.3 cm³/mol. The van der Waals surface area contributed by atoms with Crippen LogP contribution in [0, 0.1) is 11.6 Å². The molecule has 1 N–H and O–H groups in total. The van der Waals surface area contributed by atoms with Gasteiger partial charge in [0, 0.05) is 13.1 Å². The average Bonchev–Trinajstić information content (AvgIpc) is 2.69. The van der Waals surface area contributed by atoms with Crippen molar-refractivity contribution in [3.8, 4) is 0 Å². The van der Waals surface area contributed by atoms with Crippen LogP contribution in [0.5, 0.6) is 0 Å². The Bertz CT molecular complexity index is 567. The molecule has 2 rings (SSSR count). The topological polar surface area (TPSA) is 59.8 Å². The van der Waals surface area contributed by atoms with Crippen molar-refractivity contribution >= 4 is 11.6 Å². The maximum Gasteiger partial charge on any atom is 0.277 e. The third kappa shape index (κ3) is 2.44. The Hall–Kier alpha value is -2.31. The Morgan fingerprint density at radius 3 is 2.76 bits per heavy atom. The van der Waals surface area contributed by atoms with Crippen LogP contribution in [0.1, 0.15) is 10.5 Å². The fraction of sp³-hybridized carbons (Fsp3) is 0.100. The van der Waals surface area contributed by atoms with Crippen LogP contribution in [0.25, 0.3) is 0 Å². The number of nitrogens with zero attached hydrogens (tertiary/aromatic N) is 3. The molecule has 0 aliphatic rings. The third-order valence-corrected chi connectivity index (χ3v) is 2.01. The number of rotatable bonds is 2. The van der Waals surface area contributed by atoms with E-state index in [1.165, 1.54) is 10.9 Å². The van der Waals surface area contributed by atoms with Crippen molar-refractivity contribution in [3.63, 3.8) is 0 Å². The number of hydrogen-bond donors (Lipinski definition) is 1. The number of hydrogen-bond acceptors (Lipinski definition) is 3. The molecule has 7 heteroatoms. The summed E-state index contributed by atoms with van der Waals surface area (Å²) < 4.78 is 27.2. The van der Waals surface area contributed by atoms with Gasteiger partial charge in [-0.25, -0.2) is 8.78 Å². The number of carbonyl (C=O) groups is 1. The van der Waals surface area contributed by atoms with Gasteiger partial charge >= 0.3 is 0 Å². The first kappa shape index (κ1) is 11.2. The molecule has 0 fully saturated rings. The molecule has 17 heavy (non-hydrogen) atoms. The molecule has 0 radical (unpaired) electrons. The largest absolute Gasteiger partial charge is 0.318 e. The number of anilines is 1. The fourth-order valence-corrected chi connectivity index (χ4v) is 1.23. The lowest BCUT2D eigenvalue weighted by atomic mass is 10.3. The summed E-state index contributed by atoms with van der Waals surface area (Å²) in [7, 11) is 1.60. The number of nitrogens with one attached hydrogen (secondary N) is 1. The van der Waals surface area contributed by atoms with Crippen LogP contribution in [-0.2, 0) is 7.05 Å². The Morgan fingerprint density at radius 1 is 1.41 bits per heavy atom. The molecular formula is C10H8F2N4O. The first-order valence-electron chi connectivity index (χ1n) is 4.69. The second-order valence-corrected chi connectivity index (χ2v) is 3.36. The van der Waals surface area contributed by atoms with Crippen LogP contribution >= 0.6 is 0 Å². The maximum absolute atomic E-state index is 13.2. The molecule has 1 amide bonds. The van der Waals surface area contributed by atoms with Crippen molar-refractivity contribution in [2.45, 2.75) is 0 Å². The van der Waals surface area contributed by atoms with Crippen LogP contribution in [0.2, 0.25) is 0 Å². The summed E-state index contributed by atoms with van der Waals surface area (Å²) in [6.45, 7) is 0. The molecule has 1 aromatic carbocycles. The van der Waals surface area contributed by atoms with Crippen LogP contribution in [0.3, 0.4) is 0 Å². The van der Waals surface area contributed by atoms with Gasteiger partial charge < -0.3 is 5.32 Å². The molecule has 0 saturated heterocycles. The zero-order chi connectivity index (χ0) is 12.4. The van der Waals surface area contributed by atoms with E-state index in [1.54, 1.807) is 7.05 Å². The first-order valence-corrected chi connectivity index (χ1v) is 4.69. The Morgan fingerprint density at radius 2 is 2.18 bits per heavy atom. The van der Waals surface area contributed by atoms with E-state index in [1.807, 2.05) is 0 Å². The molecule has 1 aromatic heterocycles. The number of aromatic nitrogens is 3. The van der Waals surface area contributed by atoms with Crippen molar-refractivity contribution in [3.05, 3.63) is 41.7 Å². The summed E-state index contributed by atoms with van der Waals surface area (Å²) in [5.41, 5.74) is -0.0571. The number of carbonyl (C=O) groups excluding carboxylic acids is 1. The van der Waals surface area contributed by atoms with Gasteiger partial charge in [-0.3, -0.25) is 9.48 Å². The van der Waals surface area contributed by atoms with Crippen LogP contribution in [0.15, 0.2) is 24.4 Å². The average molecular weight is 238 g/mol. The summed E-state index contributed by atoms with van der Waals surface area (Å²) in [4.78, 5) is 11.6. The van der Waals surface area contributed by atoms with E-state index in [0.717, 1.165) is 12.1 Å². The zero-order valence-corrected chi connectivity index (χ0v) is 8.82. The smallest absolute Gasteiger partial charge is 0.277 e. The van der Waals surface area contributed by atoms with E-state index >= 15 is 0 Å². The fourth-order valence-electron chi connectivity index (χ4n) is 1.23. The third-order valence-electron chi connectivity index (χ3n) is 2.01. The second-order valence-electron chi connectivity index (χ2n) is 3.36. The highest BCUT2D eigenvalue weighted by atomic mass is 19.1. The highest BCUT2D eigenvalue weighted by Gasteiger charge is 2.12. The predicted octanol–water partition coefficient (Wildman–Crippen LogP) is 1.35.